The average Bonchev–Trinajstić information content (AvgIpc) is 2.57. The maximum absolute atomic E-state index is 12.8. The second-order valence-corrected chi connectivity index (χ2v) is 7.88. The maximum Gasteiger partial charge on any atom is 0.183 e. The SMILES string of the molecule is Cc1ccc([SH+]2=C3C=CC=CC3C(=O)c3ccccc32)cc1. The van der Waals surface area contributed by atoms with Gasteiger partial charge in [0.05, 0.1) is 5.56 Å². The number of benzene rings is 2. The lowest BCUT2D eigenvalue weighted by atomic mass is 9.91. The largest absolute Gasteiger partial charge is 0.293 e. The summed E-state index contributed by atoms with van der Waals surface area (Å²) in [5, 5.41) is 0. The van der Waals surface area contributed by atoms with Crippen molar-refractivity contribution in [3.63, 3.8) is 0 Å². The Hall–Kier alpha value is -2.19. The van der Waals surface area contributed by atoms with Crippen LogP contribution in [0.25, 0.3) is 0 Å². The number of ketones is 1. The van der Waals surface area contributed by atoms with Gasteiger partial charge in [-0.05, 0) is 37.3 Å². The first-order chi connectivity index (χ1) is 10.8. The zero-order chi connectivity index (χ0) is 15.1. The molecule has 1 aliphatic carbocycles. The Labute approximate surface area is 132 Å². The van der Waals surface area contributed by atoms with E-state index in [1.54, 1.807) is 0 Å². The normalized spacial score (nSPS) is 22.4. The Morgan fingerprint density at radius 3 is 2.55 bits per heavy atom. The van der Waals surface area contributed by atoms with E-state index in [9.17, 15) is 4.79 Å². The van der Waals surface area contributed by atoms with E-state index < -0.39 is 10.5 Å². The van der Waals surface area contributed by atoms with Gasteiger partial charge in [0.1, 0.15) is 20.6 Å². The standard InChI is InChI=1S/C20H16OS/c1-14-10-12-15(13-11-14)22-18-8-4-2-6-16(18)20(21)17-7-3-5-9-19(17)22/h2-13,16H,1H3/p+1. The first kappa shape index (κ1) is 13.5. The number of carbonyl (C=O) groups is 1. The number of Topliss-reactive ketones (excluding diaryl/α,β-unsaturated/α-hetero) is 1. The topological polar surface area (TPSA) is 17.1 Å². The molecular formula is C20H17OS+. The number of allylic oxidation sites excluding steroid dienone is 4. The molecule has 0 fully saturated rings. The van der Waals surface area contributed by atoms with Crippen LogP contribution >= 0.6 is 0 Å². The van der Waals surface area contributed by atoms with E-state index >= 15 is 0 Å². The summed E-state index contributed by atoms with van der Waals surface area (Å²) in [6.45, 7) is 2.11. The van der Waals surface area contributed by atoms with Gasteiger partial charge in [-0.25, -0.2) is 0 Å². The van der Waals surface area contributed by atoms with Crippen molar-refractivity contribution in [2.45, 2.75) is 16.7 Å². The molecule has 2 aromatic rings. The highest BCUT2D eigenvalue weighted by Gasteiger charge is 2.37. The number of hydrogen-bond donors (Lipinski definition) is 0. The fraction of sp³-hybridized carbons (Fsp3) is 0.100. The lowest BCUT2D eigenvalue weighted by molar-refractivity contribution is 0.0969. The third-order valence-corrected chi connectivity index (χ3v) is 6.87. The highest BCUT2D eigenvalue weighted by molar-refractivity contribution is 7.97. The number of carbonyl (C=O) groups excluding carboxylic acids is 1. The summed E-state index contributed by atoms with van der Waals surface area (Å²) < 4.78 is 0. The summed E-state index contributed by atoms with van der Waals surface area (Å²) in [6, 6.07) is 16.8. The van der Waals surface area contributed by atoms with E-state index in [0.717, 1.165) is 5.56 Å². The number of thiol groups is 1. The van der Waals surface area contributed by atoms with Crippen molar-refractivity contribution in [1.82, 2.24) is 0 Å². The Morgan fingerprint density at radius 2 is 1.73 bits per heavy atom. The molecule has 0 N–H and O–H groups in total. The van der Waals surface area contributed by atoms with Crippen molar-refractivity contribution < 1.29 is 4.79 Å². The number of rotatable bonds is 1. The maximum atomic E-state index is 12.8. The first-order valence-electron chi connectivity index (χ1n) is 7.47. The monoisotopic (exact) mass is 305 g/mol. The molecule has 2 aliphatic rings. The van der Waals surface area contributed by atoms with E-state index in [-0.39, 0.29) is 11.7 Å². The van der Waals surface area contributed by atoms with Gasteiger partial charge in [0.15, 0.2) is 5.78 Å². The smallest absolute Gasteiger partial charge is 0.183 e. The van der Waals surface area contributed by atoms with Crippen molar-refractivity contribution in [1.29, 1.82) is 0 Å². The van der Waals surface area contributed by atoms with Gasteiger partial charge in [0.25, 0.3) is 0 Å². The lowest BCUT2D eigenvalue weighted by Gasteiger charge is -2.23. The zero-order valence-corrected chi connectivity index (χ0v) is 13.3. The average molecular weight is 305 g/mol. The predicted molar refractivity (Wildman–Crippen MR) is 94.0 cm³/mol. The Kier molecular flexibility index (Phi) is 3.20. The first-order valence-corrected chi connectivity index (χ1v) is 8.81. The molecule has 4 rings (SSSR count). The molecule has 2 unspecified atom stereocenters. The van der Waals surface area contributed by atoms with Crippen LogP contribution in [0.4, 0.5) is 0 Å². The van der Waals surface area contributed by atoms with Crippen LogP contribution in [0.1, 0.15) is 15.9 Å². The fourth-order valence-corrected chi connectivity index (χ4v) is 5.81. The Bertz CT molecular complexity index is 854. The summed E-state index contributed by atoms with van der Waals surface area (Å²) in [5.41, 5.74) is 2.16. The highest BCUT2D eigenvalue weighted by atomic mass is 32.2. The molecule has 0 saturated heterocycles. The number of fused-ring (bicyclic) bond motifs is 2. The van der Waals surface area contributed by atoms with Crippen molar-refractivity contribution in [2.24, 2.45) is 5.92 Å². The molecule has 108 valence electrons. The quantitative estimate of drug-likeness (QED) is 0.444. The molecule has 0 radical (unpaired) electrons. The van der Waals surface area contributed by atoms with Gasteiger partial charge in [-0.1, -0.05) is 58.5 Å². The van der Waals surface area contributed by atoms with E-state index in [1.165, 1.54) is 20.2 Å². The zero-order valence-electron chi connectivity index (χ0n) is 12.4. The summed E-state index contributed by atoms with van der Waals surface area (Å²) >= 11 is 0. The van der Waals surface area contributed by atoms with E-state index in [0.29, 0.717) is 0 Å². The van der Waals surface area contributed by atoms with Crippen LogP contribution in [0, 0.1) is 12.8 Å². The Balaban J connectivity index is 2.03. The van der Waals surface area contributed by atoms with Crippen LogP contribution in [0.5, 0.6) is 0 Å². The van der Waals surface area contributed by atoms with Crippen LogP contribution in [0.3, 0.4) is 0 Å². The number of hydrogen-bond acceptors (Lipinski definition) is 1. The van der Waals surface area contributed by atoms with Gasteiger partial charge >= 0.3 is 0 Å². The molecule has 0 spiro atoms. The van der Waals surface area contributed by atoms with Gasteiger partial charge in [0.2, 0.25) is 0 Å². The molecule has 1 aliphatic heterocycles. The second kappa shape index (κ2) is 5.22. The fourth-order valence-electron chi connectivity index (χ4n) is 3.13. The minimum atomic E-state index is -0.621. The lowest BCUT2D eigenvalue weighted by Crippen LogP contribution is -2.31. The molecular weight excluding hydrogens is 288 g/mol. The molecule has 2 aromatic carbocycles. The van der Waals surface area contributed by atoms with Crippen LogP contribution in [0.15, 0.2) is 82.6 Å². The second-order valence-electron chi connectivity index (χ2n) is 5.70. The molecule has 22 heavy (non-hydrogen) atoms. The third kappa shape index (κ3) is 2.03. The highest BCUT2D eigenvalue weighted by Crippen LogP contribution is 2.33. The minimum Gasteiger partial charge on any atom is -0.293 e. The van der Waals surface area contributed by atoms with Crippen molar-refractivity contribution in [2.75, 3.05) is 0 Å². The summed E-state index contributed by atoms with van der Waals surface area (Å²) in [5.74, 6) is 0.143. The molecule has 0 bridgehead atoms. The summed E-state index contributed by atoms with van der Waals surface area (Å²) in [4.78, 5) is 16.6. The van der Waals surface area contributed by atoms with E-state index in [2.05, 4.69) is 49.4 Å². The molecule has 0 saturated carbocycles. The van der Waals surface area contributed by atoms with Crippen LogP contribution in [-0.4, -0.2) is 10.6 Å². The number of aryl methyl sites for hydroxylation is 1. The molecule has 0 amide bonds. The van der Waals surface area contributed by atoms with Gasteiger partial charge in [-0.2, -0.15) is 0 Å². The van der Waals surface area contributed by atoms with Gasteiger partial charge in [0, 0.05) is 0 Å². The molecule has 1 heterocycles. The van der Waals surface area contributed by atoms with Gasteiger partial charge < -0.3 is 0 Å². The van der Waals surface area contributed by atoms with Gasteiger partial charge in [-0.3, -0.25) is 4.79 Å². The summed E-state index contributed by atoms with van der Waals surface area (Å²) in [7, 11) is -0.621. The van der Waals surface area contributed by atoms with Crippen LogP contribution in [-0.2, 0) is 10.5 Å². The predicted octanol–water partition coefficient (Wildman–Crippen LogP) is 3.87. The van der Waals surface area contributed by atoms with Crippen molar-refractivity contribution in [3.8, 4) is 0 Å². The minimum absolute atomic E-state index is 0.0904. The van der Waals surface area contributed by atoms with Crippen LogP contribution in [0.2, 0.25) is 0 Å². The molecule has 1 nitrogen and oxygen atoms in total. The van der Waals surface area contributed by atoms with Crippen molar-refractivity contribution in [3.05, 3.63) is 84.0 Å². The van der Waals surface area contributed by atoms with Crippen LogP contribution < -0.4 is 0 Å². The molecule has 2 heteroatoms. The Morgan fingerprint density at radius 1 is 0.955 bits per heavy atom. The van der Waals surface area contributed by atoms with Gasteiger partial charge in [-0.15, -0.1) is 0 Å². The summed E-state index contributed by atoms with van der Waals surface area (Å²) in [6.07, 6.45) is 8.22. The third-order valence-electron chi connectivity index (χ3n) is 4.24. The van der Waals surface area contributed by atoms with Crippen molar-refractivity contribution >= 4 is 21.1 Å². The van der Waals surface area contributed by atoms with E-state index in [4.69, 9.17) is 0 Å². The molecule has 0 aromatic heterocycles. The van der Waals surface area contributed by atoms with E-state index in [1.807, 2.05) is 30.4 Å². The molecule has 2 atom stereocenters.